The highest BCUT2D eigenvalue weighted by atomic mass is 28.4. The fraction of sp³-hybridized carbons (Fsp3) is 0.773. The Balaban J connectivity index is 3.49. The second kappa shape index (κ2) is 11.0. The molecule has 0 saturated carbocycles. The van der Waals surface area contributed by atoms with Crippen LogP contribution in [0.4, 0.5) is 0 Å². The van der Waals surface area contributed by atoms with Crippen LogP contribution in [-0.2, 0) is 28.3 Å². The van der Waals surface area contributed by atoms with Gasteiger partial charge in [0.2, 0.25) is 11.8 Å². The van der Waals surface area contributed by atoms with Crippen LogP contribution in [0.3, 0.4) is 0 Å². The summed E-state index contributed by atoms with van der Waals surface area (Å²) in [5, 5.41) is 12.8. The number of aliphatic hydroxyl groups is 1. The van der Waals surface area contributed by atoms with E-state index in [1.165, 1.54) is 32.0 Å². The van der Waals surface area contributed by atoms with Crippen LogP contribution in [0.15, 0.2) is 11.8 Å². The van der Waals surface area contributed by atoms with Crippen molar-refractivity contribution in [3.63, 3.8) is 0 Å². The number of hydrogen-bond donors (Lipinski definition) is 2. The van der Waals surface area contributed by atoms with E-state index in [1.807, 2.05) is 0 Å². The van der Waals surface area contributed by atoms with Crippen molar-refractivity contribution in [2.24, 2.45) is 0 Å². The number of carbonyl (C=O) groups is 3. The third-order valence-corrected chi connectivity index (χ3v) is 10.6. The Hall–Kier alpha value is -1.59. The summed E-state index contributed by atoms with van der Waals surface area (Å²) >= 11 is 0. The van der Waals surface area contributed by atoms with Gasteiger partial charge in [0.1, 0.15) is 24.9 Å². The van der Waals surface area contributed by atoms with Crippen molar-refractivity contribution in [3.8, 4) is 0 Å². The van der Waals surface area contributed by atoms with Gasteiger partial charge in [-0.15, -0.1) is 0 Å². The third kappa shape index (κ3) is 6.95. The number of nitrogens with one attached hydrogen (secondary N) is 1. The zero-order valence-corrected chi connectivity index (χ0v) is 22.0. The zero-order chi connectivity index (χ0) is 25.0. The van der Waals surface area contributed by atoms with Gasteiger partial charge in [-0.25, -0.2) is 0 Å². The topological polar surface area (TPSA) is 114 Å². The Morgan fingerprint density at radius 2 is 1.75 bits per heavy atom. The largest absolute Gasteiger partial charge is 0.408 e. The van der Waals surface area contributed by atoms with Crippen LogP contribution in [0.5, 0.6) is 0 Å². The number of ether oxygens (including phenoxy) is 2. The van der Waals surface area contributed by atoms with Crippen LogP contribution >= 0.6 is 0 Å². The number of likely N-dealkylation sites (N-methyl/N-ethyl adjacent to an activating group) is 1. The third-order valence-electron chi connectivity index (χ3n) is 6.15. The molecule has 2 N–H and O–H groups in total. The maximum atomic E-state index is 12.5. The van der Waals surface area contributed by atoms with E-state index >= 15 is 0 Å². The van der Waals surface area contributed by atoms with Gasteiger partial charge >= 0.3 is 0 Å². The minimum atomic E-state index is -2.35. The van der Waals surface area contributed by atoms with Gasteiger partial charge in [0.25, 0.3) is 0 Å². The van der Waals surface area contributed by atoms with Gasteiger partial charge in [0, 0.05) is 25.7 Å². The molecule has 0 spiro atoms. The summed E-state index contributed by atoms with van der Waals surface area (Å²) < 4.78 is 18.7. The van der Waals surface area contributed by atoms with Gasteiger partial charge in [0.05, 0.1) is 6.10 Å². The first kappa shape index (κ1) is 28.4. The lowest BCUT2D eigenvalue weighted by molar-refractivity contribution is -0.150. The van der Waals surface area contributed by atoms with Gasteiger partial charge in [-0.3, -0.25) is 19.3 Å². The number of Topliss-reactive ketones (excluding diaryl/α,β-unsaturated/α-hetero) is 1. The van der Waals surface area contributed by atoms with E-state index in [0.717, 1.165) is 0 Å². The lowest BCUT2D eigenvalue weighted by Crippen LogP contribution is -2.53. The summed E-state index contributed by atoms with van der Waals surface area (Å²) in [5.41, 5.74) is 0.358. The lowest BCUT2D eigenvalue weighted by Gasteiger charge is -2.41. The second-order valence-corrected chi connectivity index (χ2v) is 14.6. The molecule has 1 fully saturated rings. The van der Waals surface area contributed by atoms with Crippen molar-refractivity contribution in [2.45, 2.75) is 97.2 Å². The van der Waals surface area contributed by atoms with E-state index in [4.69, 9.17) is 13.9 Å². The van der Waals surface area contributed by atoms with Crippen LogP contribution in [-0.4, -0.2) is 80.2 Å². The molecule has 32 heavy (non-hydrogen) atoms. The quantitative estimate of drug-likeness (QED) is 0.389. The molecule has 2 amide bonds. The number of rotatable bonds is 9. The SMILES string of the molecule is CNC(=O)CO[C@H]1C(N(/C=C(/C)C(C)=O)C(C)=O)O[C@H]([C@@H](C)O)[C@H]1O[Si](C)(C)C(C)(C)C. The first-order chi connectivity index (χ1) is 14.5. The van der Waals surface area contributed by atoms with Crippen molar-refractivity contribution < 1.29 is 33.4 Å². The Morgan fingerprint density at radius 3 is 2.16 bits per heavy atom. The highest BCUT2D eigenvalue weighted by Crippen LogP contribution is 2.41. The number of hydrogen-bond acceptors (Lipinski definition) is 7. The molecule has 0 aliphatic carbocycles. The molecule has 1 aliphatic heterocycles. The van der Waals surface area contributed by atoms with Crippen LogP contribution in [0.2, 0.25) is 18.1 Å². The lowest BCUT2D eigenvalue weighted by atomic mass is 10.1. The smallest absolute Gasteiger partial charge is 0.245 e. The van der Waals surface area contributed by atoms with Crippen molar-refractivity contribution >= 4 is 25.9 Å². The molecule has 0 bridgehead atoms. The highest BCUT2D eigenvalue weighted by Gasteiger charge is 2.54. The van der Waals surface area contributed by atoms with Gasteiger partial charge in [-0.1, -0.05) is 20.8 Å². The molecule has 1 unspecified atom stereocenters. The van der Waals surface area contributed by atoms with Gasteiger partial charge in [-0.05, 0) is 38.9 Å². The highest BCUT2D eigenvalue weighted by molar-refractivity contribution is 6.74. The molecule has 1 rings (SSSR count). The number of nitrogens with zero attached hydrogens (tertiary/aromatic N) is 1. The van der Waals surface area contributed by atoms with Crippen molar-refractivity contribution in [1.29, 1.82) is 0 Å². The van der Waals surface area contributed by atoms with Gasteiger partial charge in [0.15, 0.2) is 20.3 Å². The fourth-order valence-electron chi connectivity index (χ4n) is 2.99. The number of ketones is 1. The Bertz CT molecular complexity index is 730. The maximum Gasteiger partial charge on any atom is 0.245 e. The van der Waals surface area contributed by atoms with Gasteiger partial charge in [-0.2, -0.15) is 0 Å². The van der Waals surface area contributed by atoms with Gasteiger partial charge < -0.3 is 24.3 Å². The zero-order valence-electron chi connectivity index (χ0n) is 21.0. The van der Waals surface area contributed by atoms with E-state index in [1.54, 1.807) is 13.8 Å². The van der Waals surface area contributed by atoms with E-state index < -0.39 is 39.0 Å². The van der Waals surface area contributed by atoms with E-state index in [2.05, 4.69) is 39.2 Å². The standard InChI is InChI=1S/C22H40N2O7Si/c1-13(14(2)25)11-24(16(4)27)21-20(29-12-17(28)23-8)19(18(30-21)15(3)26)31-32(9,10)22(5,6)7/h11,15,18-21,26H,12H2,1-10H3,(H,23,28)/b13-11-/t15-,18-,19-,20-,21?/m1/s1. The first-order valence-electron chi connectivity index (χ1n) is 10.8. The summed E-state index contributed by atoms with van der Waals surface area (Å²) in [7, 11) is -0.853. The van der Waals surface area contributed by atoms with E-state index in [9.17, 15) is 19.5 Å². The molecule has 1 saturated heterocycles. The molecular weight excluding hydrogens is 432 g/mol. The average molecular weight is 473 g/mol. The number of amides is 2. The van der Waals surface area contributed by atoms with Crippen molar-refractivity contribution in [2.75, 3.05) is 13.7 Å². The summed E-state index contributed by atoms with van der Waals surface area (Å²) in [6, 6.07) is 0. The molecule has 1 aliphatic rings. The van der Waals surface area contributed by atoms with Crippen LogP contribution in [0.25, 0.3) is 0 Å². The molecule has 184 valence electrons. The van der Waals surface area contributed by atoms with Crippen LogP contribution in [0, 0.1) is 0 Å². The monoisotopic (exact) mass is 472 g/mol. The van der Waals surface area contributed by atoms with Crippen LogP contribution in [0.1, 0.15) is 48.5 Å². The maximum absolute atomic E-state index is 12.5. The molecule has 10 heteroatoms. The number of allylic oxidation sites excluding steroid dienone is 1. The molecule has 1 heterocycles. The van der Waals surface area contributed by atoms with E-state index in [-0.39, 0.29) is 29.2 Å². The number of carbonyl (C=O) groups excluding carboxylic acids is 3. The molecular formula is C22H40N2O7Si. The molecule has 5 atom stereocenters. The molecule has 0 radical (unpaired) electrons. The summed E-state index contributed by atoms with van der Waals surface area (Å²) in [5.74, 6) is -0.917. The minimum absolute atomic E-state index is 0.134. The predicted octanol–water partition coefficient (Wildman–Crippen LogP) is 1.95. The number of aliphatic hydroxyl groups excluding tert-OH is 1. The Kier molecular flexibility index (Phi) is 9.79. The molecule has 0 aromatic heterocycles. The summed E-state index contributed by atoms with van der Waals surface area (Å²) in [6.45, 7) is 16.1. The molecule has 9 nitrogen and oxygen atoms in total. The average Bonchev–Trinajstić information content (AvgIpc) is 2.99. The normalized spacial score (nSPS) is 25.4. The summed E-state index contributed by atoms with van der Waals surface area (Å²) in [4.78, 5) is 37.5. The van der Waals surface area contributed by atoms with E-state index in [0.29, 0.717) is 5.57 Å². The van der Waals surface area contributed by atoms with Crippen molar-refractivity contribution in [1.82, 2.24) is 10.2 Å². The Labute approximate surface area is 192 Å². The summed E-state index contributed by atoms with van der Waals surface area (Å²) in [6.07, 6.45) is -2.87. The Morgan fingerprint density at radius 1 is 1.19 bits per heavy atom. The molecule has 0 aromatic rings. The fourth-order valence-corrected chi connectivity index (χ4v) is 4.29. The van der Waals surface area contributed by atoms with Crippen LogP contribution < -0.4 is 5.32 Å². The minimum Gasteiger partial charge on any atom is -0.408 e. The predicted molar refractivity (Wildman–Crippen MR) is 123 cm³/mol. The van der Waals surface area contributed by atoms with Crippen molar-refractivity contribution in [3.05, 3.63) is 11.8 Å². The first-order valence-corrected chi connectivity index (χ1v) is 13.8. The second-order valence-electron chi connectivity index (χ2n) is 9.82. The molecule has 0 aromatic carbocycles.